The van der Waals surface area contributed by atoms with Crippen molar-refractivity contribution < 1.29 is 14.7 Å². The summed E-state index contributed by atoms with van der Waals surface area (Å²) in [6.07, 6.45) is 0. The second-order valence-corrected chi connectivity index (χ2v) is 5.89. The van der Waals surface area contributed by atoms with Crippen molar-refractivity contribution in [3.63, 3.8) is 0 Å². The van der Waals surface area contributed by atoms with Gasteiger partial charge >= 0.3 is 12.0 Å². The first kappa shape index (κ1) is 16.0. The van der Waals surface area contributed by atoms with Crippen LogP contribution >= 0.6 is 0 Å². The molecular formula is C15H22N2O3. The van der Waals surface area contributed by atoms with Crippen molar-refractivity contribution in [3.05, 3.63) is 35.9 Å². The van der Waals surface area contributed by atoms with E-state index in [1.807, 2.05) is 37.3 Å². The van der Waals surface area contributed by atoms with Crippen molar-refractivity contribution >= 4 is 12.0 Å². The van der Waals surface area contributed by atoms with Crippen LogP contribution in [-0.4, -0.2) is 23.1 Å². The number of rotatable bonds is 4. The van der Waals surface area contributed by atoms with Crippen LogP contribution in [0.2, 0.25) is 0 Å². The van der Waals surface area contributed by atoms with Gasteiger partial charge in [-0.05, 0) is 17.9 Å². The standard InChI is InChI=1S/C15H22N2O3/c1-10(11-8-6-5-7-9-11)16-14(20)17-12(13(18)19)15(2,3)4/h5-10,12H,1-4H3,(H,18,19)(H2,16,17,20)/t10?,12-/m0/s1. The minimum absolute atomic E-state index is 0.189. The van der Waals surface area contributed by atoms with Crippen LogP contribution in [0.3, 0.4) is 0 Å². The quantitative estimate of drug-likeness (QED) is 0.792. The summed E-state index contributed by atoms with van der Waals surface area (Å²) in [7, 11) is 0. The number of benzene rings is 1. The lowest BCUT2D eigenvalue weighted by Gasteiger charge is -2.28. The van der Waals surface area contributed by atoms with Crippen LogP contribution in [0.15, 0.2) is 30.3 Å². The SMILES string of the molecule is CC(NC(=O)N[C@@H](C(=O)O)C(C)(C)C)c1ccccc1. The molecule has 0 aliphatic carbocycles. The number of amides is 2. The zero-order valence-electron chi connectivity index (χ0n) is 12.3. The van der Waals surface area contributed by atoms with Gasteiger partial charge in [-0.3, -0.25) is 0 Å². The van der Waals surface area contributed by atoms with E-state index in [-0.39, 0.29) is 6.04 Å². The van der Waals surface area contributed by atoms with Crippen LogP contribution in [0.25, 0.3) is 0 Å². The topological polar surface area (TPSA) is 78.4 Å². The molecule has 0 saturated carbocycles. The van der Waals surface area contributed by atoms with Gasteiger partial charge in [-0.15, -0.1) is 0 Å². The molecule has 0 aliphatic rings. The van der Waals surface area contributed by atoms with Crippen LogP contribution in [0, 0.1) is 5.41 Å². The Balaban J connectivity index is 2.65. The van der Waals surface area contributed by atoms with E-state index in [4.69, 9.17) is 5.11 Å². The first-order valence-corrected chi connectivity index (χ1v) is 6.56. The number of carboxylic acid groups (broad SMARTS) is 1. The van der Waals surface area contributed by atoms with Gasteiger partial charge in [0.15, 0.2) is 0 Å². The summed E-state index contributed by atoms with van der Waals surface area (Å²) < 4.78 is 0. The van der Waals surface area contributed by atoms with E-state index in [0.717, 1.165) is 5.56 Å². The molecule has 20 heavy (non-hydrogen) atoms. The van der Waals surface area contributed by atoms with Crippen molar-refractivity contribution in [1.29, 1.82) is 0 Å². The van der Waals surface area contributed by atoms with E-state index in [1.165, 1.54) is 0 Å². The number of hydrogen-bond acceptors (Lipinski definition) is 2. The van der Waals surface area contributed by atoms with E-state index >= 15 is 0 Å². The molecule has 3 N–H and O–H groups in total. The fourth-order valence-electron chi connectivity index (χ4n) is 1.84. The molecule has 2 atom stereocenters. The van der Waals surface area contributed by atoms with E-state index < -0.39 is 23.5 Å². The maximum Gasteiger partial charge on any atom is 0.326 e. The second-order valence-electron chi connectivity index (χ2n) is 5.89. The smallest absolute Gasteiger partial charge is 0.326 e. The van der Waals surface area contributed by atoms with Crippen molar-refractivity contribution in [2.24, 2.45) is 5.41 Å². The zero-order chi connectivity index (χ0) is 15.3. The third-order valence-corrected chi connectivity index (χ3v) is 3.04. The molecule has 1 aromatic carbocycles. The van der Waals surface area contributed by atoms with Crippen LogP contribution in [0.4, 0.5) is 4.79 Å². The number of carbonyl (C=O) groups is 2. The zero-order valence-corrected chi connectivity index (χ0v) is 12.3. The van der Waals surface area contributed by atoms with Crippen molar-refractivity contribution in [2.45, 2.75) is 39.8 Å². The number of nitrogens with one attached hydrogen (secondary N) is 2. The van der Waals surface area contributed by atoms with Crippen molar-refractivity contribution in [2.75, 3.05) is 0 Å². The molecule has 1 rings (SSSR count). The van der Waals surface area contributed by atoms with Gasteiger partial charge in [0.1, 0.15) is 6.04 Å². The van der Waals surface area contributed by atoms with Crippen molar-refractivity contribution in [3.8, 4) is 0 Å². The third-order valence-electron chi connectivity index (χ3n) is 3.04. The molecule has 0 bridgehead atoms. The van der Waals surface area contributed by atoms with Gasteiger partial charge in [0.25, 0.3) is 0 Å². The highest BCUT2D eigenvalue weighted by atomic mass is 16.4. The maximum absolute atomic E-state index is 11.9. The molecule has 0 saturated heterocycles. The maximum atomic E-state index is 11.9. The highest BCUT2D eigenvalue weighted by Gasteiger charge is 2.32. The first-order chi connectivity index (χ1) is 9.21. The molecule has 0 aliphatic heterocycles. The fourth-order valence-corrected chi connectivity index (χ4v) is 1.84. The number of carbonyl (C=O) groups excluding carboxylic acids is 1. The Morgan fingerprint density at radius 1 is 1.10 bits per heavy atom. The van der Waals surface area contributed by atoms with Gasteiger partial charge < -0.3 is 15.7 Å². The molecule has 110 valence electrons. The predicted octanol–water partition coefficient (Wildman–Crippen LogP) is 2.55. The molecule has 0 fully saturated rings. The first-order valence-electron chi connectivity index (χ1n) is 6.56. The lowest BCUT2D eigenvalue weighted by atomic mass is 9.87. The molecule has 5 nitrogen and oxygen atoms in total. The summed E-state index contributed by atoms with van der Waals surface area (Å²) in [5.41, 5.74) is 0.407. The van der Waals surface area contributed by atoms with Crippen LogP contribution in [0.1, 0.15) is 39.3 Å². The molecule has 0 spiro atoms. The van der Waals surface area contributed by atoms with Gasteiger partial charge in [-0.25, -0.2) is 9.59 Å². The molecule has 2 amide bonds. The minimum atomic E-state index is -1.04. The number of hydrogen-bond donors (Lipinski definition) is 3. The average molecular weight is 278 g/mol. The highest BCUT2D eigenvalue weighted by Crippen LogP contribution is 2.19. The van der Waals surface area contributed by atoms with E-state index in [1.54, 1.807) is 20.8 Å². The summed E-state index contributed by atoms with van der Waals surface area (Å²) in [4.78, 5) is 23.1. The summed E-state index contributed by atoms with van der Waals surface area (Å²) in [6.45, 7) is 7.16. The second kappa shape index (κ2) is 6.41. The summed E-state index contributed by atoms with van der Waals surface area (Å²) in [5.74, 6) is -1.04. The Labute approximate surface area is 119 Å². The largest absolute Gasteiger partial charge is 0.480 e. The summed E-state index contributed by atoms with van der Waals surface area (Å²) >= 11 is 0. The molecular weight excluding hydrogens is 256 g/mol. The van der Waals surface area contributed by atoms with Gasteiger partial charge in [-0.1, -0.05) is 51.1 Å². The van der Waals surface area contributed by atoms with Crippen LogP contribution in [0.5, 0.6) is 0 Å². The lowest BCUT2D eigenvalue weighted by molar-refractivity contribution is -0.141. The molecule has 1 aromatic rings. The Morgan fingerprint density at radius 3 is 2.10 bits per heavy atom. The Hall–Kier alpha value is -2.04. The number of carboxylic acids is 1. The van der Waals surface area contributed by atoms with Crippen LogP contribution < -0.4 is 10.6 Å². The van der Waals surface area contributed by atoms with Gasteiger partial charge in [0.2, 0.25) is 0 Å². The van der Waals surface area contributed by atoms with Gasteiger partial charge in [-0.2, -0.15) is 0 Å². The van der Waals surface area contributed by atoms with E-state index in [9.17, 15) is 9.59 Å². The Morgan fingerprint density at radius 2 is 1.65 bits per heavy atom. The normalized spacial score (nSPS) is 14.2. The third kappa shape index (κ3) is 4.57. The van der Waals surface area contributed by atoms with E-state index in [2.05, 4.69) is 10.6 Å². The molecule has 0 radical (unpaired) electrons. The predicted molar refractivity (Wildman–Crippen MR) is 77.4 cm³/mol. The highest BCUT2D eigenvalue weighted by molar-refractivity contribution is 5.83. The summed E-state index contributed by atoms with van der Waals surface area (Å²) in [5, 5.41) is 14.4. The number of urea groups is 1. The molecule has 0 aromatic heterocycles. The van der Waals surface area contributed by atoms with Crippen LogP contribution in [-0.2, 0) is 4.79 Å². The minimum Gasteiger partial charge on any atom is -0.480 e. The lowest BCUT2D eigenvalue weighted by Crippen LogP contribution is -2.52. The van der Waals surface area contributed by atoms with Crippen molar-refractivity contribution in [1.82, 2.24) is 10.6 Å². The Kier molecular flexibility index (Phi) is 5.13. The average Bonchev–Trinajstić information content (AvgIpc) is 2.35. The van der Waals surface area contributed by atoms with Gasteiger partial charge in [0, 0.05) is 0 Å². The summed E-state index contributed by atoms with van der Waals surface area (Å²) in [6, 6.07) is 7.88. The fraction of sp³-hybridized carbons (Fsp3) is 0.467. The van der Waals surface area contributed by atoms with E-state index in [0.29, 0.717) is 0 Å². The van der Waals surface area contributed by atoms with Gasteiger partial charge in [0.05, 0.1) is 6.04 Å². The molecule has 0 heterocycles. The molecule has 5 heteroatoms. The Bertz CT molecular complexity index is 466. The molecule has 1 unspecified atom stereocenters. The monoisotopic (exact) mass is 278 g/mol. The number of aliphatic carboxylic acids is 1.